The number of aromatic nitrogens is 2. The molecule has 0 bridgehead atoms. The molecule has 3 nitrogen and oxygen atoms in total. The number of nitrogens with one attached hydrogen (secondary N) is 1. The fourth-order valence-electron chi connectivity index (χ4n) is 1.74. The lowest BCUT2D eigenvalue weighted by Gasteiger charge is -2.10. The second-order valence-electron chi connectivity index (χ2n) is 4.24. The number of nitrogens with zero attached hydrogens (tertiary/aromatic N) is 2. The molecule has 0 amide bonds. The zero-order valence-corrected chi connectivity index (χ0v) is 10.9. The molecule has 0 radical (unpaired) electrons. The van der Waals surface area contributed by atoms with Crippen LogP contribution in [0.4, 0.5) is 14.6 Å². The van der Waals surface area contributed by atoms with Gasteiger partial charge in [-0.15, -0.1) is 0 Å². The SMILES string of the molecule is CCCNc1nccnc1-c1ccc(C)c(F)c1F. The van der Waals surface area contributed by atoms with Crippen LogP contribution >= 0.6 is 0 Å². The molecule has 100 valence electrons. The highest BCUT2D eigenvalue weighted by atomic mass is 19.2. The maximum Gasteiger partial charge on any atom is 0.168 e. The van der Waals surface area contributed by atoms with Gasteiger partial charge in [0.25, 0.3) is 0 Å². The Labute approximate surface area is 110 Å². The Bertz CT molecular complexity index is 585. The summed E-state index contributed by atoms with van der Waals surface area (Å²) in [5, 5.41) is 3.06. The van der Waals surface area contributed by atoms with E-state index < -0.39 is 11.6 Å². The van der Waals surface area contributed by atoms with Gasteiger partial charge in [0, 0.05) is 24.5 Å². The lowest BCUT2D eigenvalue weighted by atomic mass is 10.1. The van der Waals surface area contributed by atoms with Gasteiger partial charge in [0.05, 0.1) is 0 Å². The highest BCUT2D eigenvalue weighted by Gasteiger charge is 2.16. The van der Waals surface area contributed by atoms with Gasteiger partial charge in [-0.1, -0.05) is 13.0 Å². The number of halogens is 2. The van der Waals surface area contributed by atoms with Crippen molar-refractivity contribution in [1.29, 1.82) is 0 Å². The second-order valence-corrected chi connectivity index (χ2v) is 4.24. The lowest BCUT2D eigenvalue weighted by molar-refractivity contribution is 0.505. The molecular formula is C14H15F2N3. The Balaban J connectivity index is 2.50. The van der Waals surface area contributed by atoms with E-state index in [1.165, 1.54) is 31.5 Å². The summed E-state index contributed by atoms with van der Waals surface area (Å²) in [5.41, 5.74) is 0.718. The molecule has 5 heteroatoms. The van der Waals surface area contributed by atoms with Crippen LogP contribution in [0.15, 0.2) is 24.5 Å². The number of hydrogen-bond donors (Lipinski definition) is 1. The van der Waals surface area contributed by atoms with E-state index in [1.807, 2.05) is 6.92 Å². The standard InChI is InChI=1S/C14H15F2N3/c1-3-6-18-14-13(17-7-8-19-14)10-5-4-9(2)11(15)12(10)16/h4-5,7-8H,3,6H2,1-2H3,(H,18,19). The van der Waals surface area contributed by atoms with Crippen LogP contribution in [0.2, 0.25) is 0 Å². The summed E-state index contributed by atoms with van der Waals surface area (Å²) >= 11 is 0. The second kappa shape index (κ2) is 5.73. The number of anilines is 1. The minimum Gasteiger partial charge on any atom is -0.368 e. The van der Waals surface area contributed by atoms with Gasteiger partial charge in [0.2, 0.25) is 0 Å². The Kier molecular flexibility index (Phi) is 4.04. The summed E-state index contributed by atoms with van der Waals surface area (Å²) < 4.78 is 27.6. The largest absolute Gasteiger partial charge is 0.368 e. The van der Waals surface area contributed by atoms with Gasteiger partial charge in [-0.2, -0.15) is 0 Å². The van der Waals surface area contributed by atoms with Crippen molar-refractivity contribution in [3.63, 3.8) is 0 Å². The van der Waals surface area contributed by atoms with Crippen molar-refractivity contribution in [2.24, 2.45) is 0 Å². The van der Waals surface area contributed by atoms with Crippen molar-refractivity contribution in [3.8, 4) is 11.3 Å². The molecule has 1 heterocycles. The smallest absolute Gasteiger partial charge is 0.168 e. The average molecular weight is 263 g/mol. The highest BCUT2D eigenvalue weighted by Crippen LogP contribution is 2.28. The first-order chi connectivity index (χ1) is 9.15. The minimum absolute atomic E-state index is 0.120. The van der Waals surface area contributed by atoms with E-state index in [4.69, 9.17) is 0 Å². The molecule has 1 N–H and O–H groups in total. The molecule has 0 aliphatic carbocycles. The van der Waals surface area contributed by atoms with Crippen molar-refractivity contribution in [1.82, 2.24) is 9.97 Å². The summed E-state index contributed by atoms with van der Waals surface area (Å²) in [6.07, 6.45) is 3.88. The van der Waals surface area contributed by atoms with E-state index in [1.54, 1.807) is 0 Å². The van der Waals surface area contributed by atoms with Crippen LogP contribution in [0.1, 0.15) is 18.9 Å². The van der Waals surface area contributed by atoms with Crippen molar-refractivity contribution >= 4 is 5.82 Å². The van der Waals surface area contributed by atoms with Crippen LogP contribution in [-0.4, -0.2) is 16.5 Å². The van der Waals surface area contributed by atoms with Gasteiger partial charge in [0.1, 0.15) is 5.69 Å². The third-order valence-corrected chi connectivity index (χ3v) is 2.77. The molecule has 1 aromatic carbocycles. The van der Waals surface area contributed by atoms with E-state index in [9.17, 15) is 8.78 Å². The first kappa shape index (κ1) is 13.4. The minimum atomic E-state index is -0.889. The molecule has 0 fully saturated rings. The molecule has 0 aliphatic rings. The van der Waals surface area contributed by atoms with Gasteiger partial charge >= 0.3 is 0 Å². The van der Waals surface area contributed by atoms with E-state index in [0.29, 0.717) is 18.1 Å². The van der Waals surface area contributed by atoms with Gasteiger partial charge < -0.3 is 5.32 Å². The highest BCUT2D eigenvalue weighted by molar-refractivity contribution is 5.71. The van der Waals surface area contributed by atoms with Crippen LogP contribution in [0.5, 0.6) is 0 Å². The maximum atomic E-state index is 14.0. The van der Waals surface area contributed by atoms with Gasteiger partial charge in [0.15, 0.2) is 17.5 Å². The summed E-state index contributed by atoms with van der Waals surface area (Å²) in [7, 11) is 0. The number of hydrogen-bond acceptors (Lipinski definition) is 3. The van der Waals surface area contributed by atoms with E-state index in [2.05, 4.69) is 15.3 Å². The summed E-state index contributed by atoms with van der Waals surface area (Å²) in [6.45, 7) is 4.23. The molecular weight excluding hydrogens is 248 g/mol. The summed E-state index contributed by atoms with van der Waals surface area (Å²) in [4.78, 5) is 8.22. The van der Waals surface area contributed by atoms with Gasteiger partial charge in [-0.25, -0.2) is 13.8 Å². The molecule has 2 rings (SSSR count). The number of aryl methyl sites for hydroxylation is 1. The molecule has 0 saturated carbocycles. The van der Waals surface area contributed by atoms with Crippen LogP contribution < -0.4 is 5.32 Å². The van der Waals surface area contributed by atoms with Crippen LogP contribution in [-0.2, 0) is 0 Å². The lowest BCUT2D eigenvalue weighted by Crippen LogP contribution is -2.05. The van der Waals surface area contributed by atoms with Crippen molar-refractivity contribution in [2.75, 3.05) is 11.9 Å². The zero-order chi connectivity index (χ0) is 13.8. The summed E-state index contributed by atoms with van der Waals surface area (Å²) in [6, 6.07) is 3.06. The van der Waals surface area contributed by atoms with Gasteiger partial charge in [-0.05, 0) is 25.0 Å². The van der Waals surface area contributed by atoms with Crippen LogP contribution in [0, 0.1) is 18.6 Å². The molecule has 19 heavy (non-hydrogen) atoms. The maximum absolute atomic E-state index is 14.0. The Hall–Kier alpha value is -2.04. The van der Waals surface area contributed by atoms with E-state index in [0.717, 1.165) is 6.42 Å². The third kappa shape index (κ3) is 2.70. The Morgan fingerprint density at radius 3 is 2.58 bits per heavy atom. The van der Waals surface area contributed by atoms with Crippen molar-refractivity contribution in [3.05, 3.63) is 41.7 Å². The van der Waals surface area contributed by atoms with Crippen LogP contribution in [0.25, 0.3) is 11.3 Å². The van der Waals surface area contributed by atoms with Crippen LogP contribution in [0.3, 0.4) is 0 Å². The third-order valence-electron chi connectivity index (χ3n) is 2.77. The predicted molar refractivity (Wildman–Crippen MR) is 70.9 cm³/mol. The number of rotatable bonds is 4. The molecule has 0 aliphatic heterocycles. The topological polar surface area (TPSA) is 37.8 Å². The van der Waals surface area contributed by atoms with E-state index in [-0.39, 0.29) is 11.1 Å². The molecule has 0 atom stereocenters. The monoisotopic (exact) mass is 263 g/mol. The molecule has 0 saturated heterocycles. The zero-order valence-electron chi connectivity index (χ0n) is 10.9. The number of benzene rings is 1. The quantitative estimate of drug-likeness (QED) is 0.916. The predicted octanol–water partition coefficient (Wildman–Crippen LogP) is 3.55. The molecule has 1 aromatic heterocycles. The Morgan fingerprint density at radius 2 is 1.84 bits per heavy atom. The molecule has 0 unspecified atom stereocenters. The average Bonchev–Trinajstić information content (AvgIpc) is 2.43. The summed E-state index contributed by atoms with van der Waals surface area (Å²) in [5.74, 6) is -1.27. The molecule has 2 aromatic rings. The molecule has 0 spiro atoms. The van der Waals surface area contributed by atoms with E-state index >= 15 is 0 Å². The van der Waals surface area contributed by atoms with Crippen molar-refractivity contribution in [2.45, 2.75) is 20.3 Å². The van der Waals surface area contributed by atoms with Crippen molar-refractivity contribution < 1.29 is 8.78 Å². The Morgan fingerprint density at radius 1 is 1.11 bits per heavy atom. The normalized spacial score (nSPS) is 10.5. The first-order valence-electron chi connectivity index (χ1n) is 6.15. The fourth-order valence-corrected chi connectivity index (χ4v) is 1.74. The first-order valence-corrected chi connectivity index (χ1v) is 6.15. The fraction of sp³-hybridized carbons (Fsp3) is 0.286. The van der Waals surface area contributed by atoms with Gasteiger partial charge in [-0.3, -0.25) is 4.98 Å².